The van der Waals surface area contributed by atoms with Gasteiger partial charge in [0.15, 0.2) is 123 Å². The zero-order chi connectivity index (χ0) is 73.6. The molecule has 0 amide bonds. The van der Waals surface area contributed by atoms with Crippen LogP contribution >= 0.6 is 0 Å². The van der Waals surface area contributed by atoms with Crippen LogP contribution in [0.2, 0.25) is 0 Å². The van der Waals surface area contributed by atoms with E-state index >= 15 is 0 Å². The van der Waals surface area contributed by atoms with Gasteiger partial charge < -0.3 is 164 Å². The molecule has 0 spiro atoms. The number of carbonyl (C=O) groups excluding carboxylic acids is 7. The highest BCUT2D eigenvalue weighted by molar-refractivity contribution is 6.09. The van der Waals surface area contributed by atoms with E-state index in [1.807, 2.05) is 0 Å². The molecule has 10 atom stereocenters. The van der Waals surface area contributed by atoms with Gasteiger partial charge in [0.05, 0.1) is 34.4 Å². The number of aliphatic hydroxyl groups excluding tert-OH is 3. The summed E-state index contributed by atoms with van der Waals surface area (Å²) < 4.78 is 60.8. The van der Waals surface area contributed by atoms with E-state index in [-0.39, 0.29) is 6.07 Å². The van der Waals surface area contributed by atoms with Crippen LogP contribution < -0.4 is 9.47 Å². The molecule has 22 N–H and O–H groups in total. The molecule has 4 heterocycles. The summed E-state index contributed by atoms with van der Waals surface area (Å²) in [6.07, 6.45) is -24.8. The van der Waals surface area contributed by atoms with E-state index in [0.717, 1.165) is 0 Å². The Kier molecular flexibility index (Phi) is 17.6. The van der Waals surface area contributed by atoms with Gasteiger partial charge in [0.25, 0.3) is 0 Å². The molecule has 0 radical (unpaired) electrons. The van der Waals surface area contributed by atoms with Crippen molar-refractivity contribution in [2.24, 2.45) is 0 Å². The first-order valence-electron chi connectivity index (χ1n) is 28.2. The number of carbonyl (C=O) groups is 7. The quantitative estimate of drug-likeness (QED) is 0.0548. The monoisotopic (exact) mass is 1420 g/mol. The van der Waals surface area contributed by atoms with Crippen molar-refractivity contribution in [3.63, 3.8) is 0 Å². The maximum Gasteiger partial charge on any atom is 0.344 e. The smallest absolute Gasteiger partial charge is 0.344 e. The van der Waals surface area contributed by atoms with Gasteiger partial charge in [-0.25, -0.2) is 33.6 Å². The lowest BCUT2D eigenvalue weighted by molar-refractivity contribution is -0.284. The number of esters is 7. The van der Waals surface area contributed by atoms with Gasteiger partial charge in [-0.1, -0.05) is 0 Å². The number of phenolic OH excluding ortho intramolecular Hbond substituents is 19. The predicted octanol–water partition coefficient (Wildman–Crippen LogP) is 1.21. The molecule has 7 aromatic rings. The van der Waals surface area contributed by atoms with Crippen molar-refractivity contribution in [1.82, 2.24) is 0 Å². The fourth-order valence-corrected chi connectivity index (χ4v) is 10.6. The van der Waals surface area contributed by atoms with Crippen LogP contribution in [0.25, 0.3) is 11.1 Å². The molecule has 530 valence electrons. The van der Waals surface area contributed by atoms with Crippen molar-refractivity contribution in [1.29, 1.82) is 0 Å². The Balaban J connectivity index is 0.999. The van der Waals surface area contributed by atoms with E-state index in [1.165, 1.54) is 0 Å². The van der Waals surface area contributed by atoms with Crippen LogP contribution in [0.3, 0.4) is 0 Å². The molecule has 4 unspecified atom stereocenters. The molecule has 2 fully saturated rings. The fraction of sp³-hybridized carbons (Fsp3) is 0.197. The summed E-state index contributed by atoms with van der Waals surface area (Å²) in [7, 11) is 0. The average molecular weight is 1420 g/mol. The SMILES string of the molecule is O=C(OC1C(O)C(CO)O[C@H]2OC(=O)c3cc(Oc4c(C(=O)O[C@H]5C(O)O[C@@H]6COC(=O)c7cc(O)c(O)c(O)c7-c7c(cc(O)c(O)c7O)C(=O)O[C@H]6[C@@H]5OC(=O)c5cc(O)c(O)c(O)c5)cc(O)c(O)c4O)c(O)c(O)c3Oc3cc(cc(O)c3O)C(=O)O[C@H]12)c1cc(O)c(O)c(O)c1. The van der Waals surface area contributed by atoms with Crippen LogP contribution in [0.5, 0.6) is 132 Å². The lowest BCUT2D eigenvalue weighted by Gasteiger charge is -2.42. The van der Waals surface area contributed by atoms with E-state index in [0.29, 0.717) is 54.6 Å². The molecule has 4 aliphatic rings. The van der Waals surface area contributed by atoms with Crippen molar-refractivity contribution in [3.8, 4) is 143 Å². The first kappa shape index (κ1) is 68.8. The summed E-state index contributed by atoms with van der Waals surface area (Å²) in [5.74, 6) is -44.3. The van der Waals surface area contributed by atoms with E-state index < -0.39 is 299 Å². The topological polar surface area (TPSA) is 666 Å². The zero-order valence-corrected chi connectivity index (χ0v) is 49.6. The zero-order valence-electron chi connectivity index (χ0n) is 49.6. The number of fused-ring (bicyclic) bond motifs is 8. The van der Waals surface area contributed by atoms with Gasteiger partial charge in [-0.3, -0.25) is 0 Å². The summed E-state index contributed by atoms with van der Waals surface area (Å²) in [5.41, 5.74) is -9.79. The fourth-order valence-electron chi connectivity index (χ4n) is 10.6. The maximum absolute atomic E-state index is 14.8. The van der Waals surface area contributed by atoms with Crippen molar-refractivity contribution in [3.05, 3.63) is 99.6 Å². The molecular weight excluding hydrogens is 1370 g/mol. The standard InChI is InChI=1S/C61H46O40/c62-11-30-41(78)49(97-53(83)13-1-20(63)34(71)21(64)2-13)52-61(95-30)101-59(89)19-10-29(40(77)45(82)47(19)92-28-6-15(55(85)100-52)5-24(67)36(28)73)93-46-18(9-27(70)39(76)44(46)81)58(88)99-51-50(98-54(84)14-3-22(65)35(72)23(66)4-14)48-31(94-60(51)90)12-91-56(86)16-7-25(68)37(74)42(79)32(16)33-17(57(87)96-48)8-26(69)38(75)43(33)80/h1-10,30-31,41,48-52,60-82,90H,11-12H2/t30?,31-,41?,48-,49?,50+,51-,52-,60?,61+/m1/s1. The lowest BCUT2D eigenvalue weighted by Crippen LogP contribution is -2.62. The van der Waals surface area contributed by atoms with Gasteiger partial charge in [0.2, 0.25) is 52.6 Å². The Morgan fingerprint density at radius 2 is 0.921 bits per heavy atom. The Morgan fingerprint density at radius 3 is 1.49 bits per heavy atom. The van der Waals surface area contributed by atoms with Gasteiger partial charge in [0.1, 0.15) is 36.0 Å². The molecule has 2 saturated heterocycles. The van der Waals surface area contributed by atoms with Crippen molar-refractivity contribution in [2.75, 3.05) is 13.2 Å². The Labute approximate surface area is 556 Å². The summed E-state index contributed by atoms with van der Waals surface area (Å²) in [5, 5.41) is 237. The largest absolute Gasteiger partial charge is 0.504 e. The molecule has 4 aliphatic heterocycles. The third-order valence-corrected chi connectivity index (χ3v) is 15.6. The minimum absolute atomic E-state index is 0.198. The average Bonchev–Trinajstić information content (AvgIpc) is 1.60. The van der Waals surface area contributed by atoms with Gasteiger partial charge in [-0.15, -0.1) is 0 Å². The molecule has 2 bridgehead atoms. The number of hydrogen-bond acceptors (Lipinski definition) is 40. The van der Waals surface area contributed by atoms with Crippen LogP contribution in [-0.2, 0) is 42.6 Å². The Bertz CT molecular complexity index is 4650. The van der Waals surface area contributed by atoms with E-state index in [9.17, 15) is 146 Å². The molecule has 7 aromatic carbocycles. The highest BCUT2D eigenvalue weighted by atomic mass is 16.7. The van der Waals surface area contributed by atoms with Crippen LogP contribution in [0.4, 0.5) is 0 Å². The molecule has 0 saturated carbocycles. The van der Waals surface area contributed by atoms with E-state index in [1.54, 1.807) is 0 Å². The number of rotatable bonds is 9. The van der Waals surface area contributed by atoms with Crippen LogP contribution in [0.1, 0.15) is 72.5 Å². The molecular formula is C61H46O40. The van der Waals surface area contributed by atoms with Crippen molar-refractivity contribution < 1.29 is 198 Å². The first-order valence-corrected chi connectivity index (χ1v) is 28.2. The summed E-state index contributed by atoms with van der Waals surface area (Å²) in [4.78, 5) is 99.8. The Morgan fingerprint density at radius 1 is 0.436 bits per heavy atom. The van der Waals surface area contributed by atoms with Gasteiger partial charge >= 0.3 is 41.8 Å². The summed E-state index contributed by atoms with van der Waals surface area (Å²) in [6.45, 7) is -2.58. The van der Waals surface area contributed by atoms with Crippen LogP contribution in [0, 0.1) is 0 Å². The Hall–Kier alpha value is -13.6. The van der Waals surface area contributed by atoms with Crippen LogP contribution in [-0.4, -0.2) is 229 Å². The minimum atomic E-state index is -2.83. The molecule has 40 nitrogen and oxygen atoms in total. The number of phenols is 19. The molecule has 40 heteroatoms. The summed E-state index contributed by atoms with van der Waals surface area (Å²) >= 11 is 0. The third kappa shape index (κ3) is 12.1. The normalized spacial score (nSPS) is 21.7. The predicted molar refractivity (Wildman–Crippen MR) is 310 cm³/mol. The maximum atomic E-state index is 14.8. The van der Waals surface area contributed by atoms with Crippen molar-refractivity contribution in [2.45, 2.75) is 61.4 Å². The number of aliphatic hydroxyl groups is 3. The number of hydrogen-bond donors (Lipinski definition) is 22. The molecule has 0 aromatic heterocycles. The van der Waals surface area contributed by atoms with Gasteiger partial charge in [-0.2, -0.15) is 0 Å². The molecule has 101 heavy (non-hydrogen) atoms. The van der Waals surface area contributed by atoms with E-state index in [2.05, 4.69) is 0 Å². The molecule has 11 rings (SSSR count). The second-order valence-electron chi connectivity index (χ2n) is 21.9. The lowest BCUT2D eigenvalue weighted by atomic mass is 9.92. The van der Waals surface area contributed by atoms with E-state index in [4.69, 9.17) is 52.1 Å². The number of aromatic hydroxyl groups is 19. The number of benzene rings is 7. The number of ether oxygens (including phenoxy) is 11. The highest BCUT2D eigenvalue weighted by Crippen LogP contribution is 2.56. The van der Waals surface area contributed by atoms with Gasteiger partial charge in [0, 0.05) is 23.3 Å². The highest BCUT2D eigenvalue weighted by Gasteiger charge is 2.55. The minimum Gasteiger partial charge on any atom is -0.504 e. The second-order valence-corrected chi connectivity index (χ2v) is 21.9. The first-order chi connectivity index (χ1) is 47.6. The van der Waals surface area contributed by atoms with Crippen LogP contribution in [0.15, 0.2) is 60.7 Å². The number of cyclic esters (lactones) is 1. The van der Waals surface area contributed by atoms with Crippen molar-refractivity contribution >= 4 is 41.8 Å². The van der Waals surface area contributed by atoms with Gasteiger partial charge in [-0.05, 0) is 48.5 Å². The summed E-state index contributed by atoms with van der Waals surface area (Å²) in [6, 6.07) is 4.38. The second kappa shape index (κ2) is 25.8. The molecule has 0 aliphatic carbocycles. The third-order valence-electron chi connectivity index (χ3n) is 15.6.